The van der Waals surface area contributed by atoms with E-state index >= 15 is 0 Å². The van der Waals surface area contributed by atoms with E-state index in [0.717, 1.165) is 5.56 Å². The smallest absolute Gasteiger partial charge is 0.308 e. The molecule has 0 N–H and O–H groups in total. The number of aliphatic imine (C=N–C) groups is 1. The van der Waals surface area contributed by atoms with Crippen molar-refractivity contribution in [2.75, 3.05) is 7.05 Å². The van der Waals surface area contributed by atoms with Crippen LogP contribution in [0.5, 0.6) is 0 Å². The van der Waals surface area contributed by atoms with E-state index in [1.54, 1.807) is 24.1 Å². The highest BCUT2D eigenvalue weighted by Crippen LogP contribution is 2.28. The van der Waals surface area contributed by atoms with Gasteiger partial charge in [0.25, 0.3) is 5.69 Å². The molecule has 1 atom stereocenters. The van der Waals surface area contributed by atoms with Crippen molar-refractivity contribution in [3.05, 3.63) is 50.9 Å². The maximum absolute atomic E-state index is 11.1. The molecule has 0 amide bonds. The van der Waals surface area contributed by atoms with Crippen LogP contribution in [0.4, 0.5) is 5.69 Å². The number of ether oxygens (including phenoxy) is 1. The van der Waals surface area contributed by atoms with Crippen molar-refractivity contribution in [3.63, 3.8) is 0 Å². The van der Waals surface area contributed by atoms with Crippen molar-refractivity contribution in [3.8, 4) is 0 Å². The molecule has 0 radical (unpaired) electrons. The van der Waals surface area contributed by atoms with Crippen molar-refractivity contribution < 1.29 is 14.5 Å². The molecule has 1 aliphatic rings. The van der Waals surface area contributed by atoms with Gasteiger partial charge in [-0.3, -0.25) is 14.9 Å². The Morgan fingerprint density at radius 2 is 2.00 bits per heavy atom. The summed E-state index contributed by atoms with van der Waals surface area (Å²) in [5.41, 5.74) is 0.850. The SMILES string of the molecule is CC(=O)OC1=C(Cl)N(C)C(Cc2ccc([N+](=O)[O-])cc2)N=C1Cl. The Morgan fingerprint density at radius 1 is 1.39 bits per heavy atom. The van der Waals surface area contributed by atoms with E-state index in [4.69, 9.17) is 27.9 Å². The predicted octanol–water partition coefficient (Wildman–Crippen LogP) is 3.02. The molecule has 0 spiro atoms. The highest BCUT2D eigenvalue weighted by atomic mass is 35.5. The molecule has 0 saturated carbocycles. The van der Waals surface area contributed by atoms with E-state index in [-0.39, 0.29) is 21.8 Å². The van der Waals surface area contributed by atoms with Crippen LogP contribution in [0.1, 0.15) is 12.5 Å². The number of benzene rings is 1. The number of halogens is 2. The fourth-order valence-corrected chi connectivity index (χ4v) is 2.56. The van der Waals surface area contributed by atoms with E-state index < -0.39 is 17.1 Å². The molecule has 1 aromatic rings. The van der Waals surface area contributed by atoms with Crippen molar-refractivity contribution in [1.82, 2.24) is 4.90 Å². The number of carbonyl (C=O) groups is 1. The van der Waals surface area contributed by atoms with Gasteiger partial charge in [-0.05, 0) is 5.56 Å². The highest BCUT2D eigenvalue weighted by molar-refractivity contribution is 6.70. The Kier molecular flexibility index (Phi) is 5.23. The van der Waals surface area contributed by atoms with E-state index in [2.05, 4.69) is 4.99 Å². The molecule has 2 rings (SSSR count). The van der Waals surface area contributed by atoms with Gasteiger partial charge in [-0.2, -0.15) is 0 Å². The monoisotopic (exact) mass is 357 g/mol. The molecule has 23 heavy (non-hydrogen) atoms. The lowest BCUT2D eigenvalue weighted by Gasteiger charge is -2.31. The number of non-ortho nitro benzene ring substituents is 1. The van der Waals surface area contributed by atoms with Crippen LogP contribution in [-0.4, -0.2) is 34.2 Å². The zero-order valence-corrected chi connectivity index (χ0v) is 13.8. The summed E-state index contributed by atoms with van der Waals surface area (Å²) < 4.78 is 4.96. The topological polar surface area (TPSA) is 85.0 Å². The number of nitro groups is 1. The summed E-state index contributed by atoms with van der Waals surface area (Å²) in [4.78, 5) is 27.1. The number of hydrogen-bond donors (Lipinski definition) is 0. The van der Waals surface area contributed by atoms with Crippen LogP contribution in [0.25, 0.3) is 0 Å². The van der Waals surface area contributed by atoms with E-state index in [9.17, 15) is 14.9 Å². The number of nitro benzene ring substituents is 1. The number of nitrogens with zero attached hydrogens (tertiary/aromatic N) is 3. The third-order valence-electron chi connectivity index (χ3n) is 3.21. The molecule has 122 valence electrons. The Bertz CT molecular complexity index is 700. The second-order valence-corrected chi connectivity index (χ2v) is 5.57. The molecule has 0 aromatic heterocycles. The van der Waals surface area contributed by atoms with Crippen LogP contribution in [-0.2, 0) is 16.0 Å². The van der Waals surface area contributed by atoms with Gasteiger partial charge in [0.2, 0.25) is 5.76 Å². The van der Waals surface area contributed by atoms with E-state index in [0.29, 0.717) is 6.42 Å². The molecule has 0 saturated heterocycles. The van der Waals surface area contributed by atoms with Gasteiger partial charge in [-0.15, -0.1) is 0 Å². The molecular weight excluding hydrogens is 345 g/mol. The van der Waals surface area contributed by atoms with E-state index in [1.807, 2.05) is 0 Å². The lowest BCUT2D eigenvalue weighted by molar-refractivity contribution is -0.384. The van der Waals surface area contributed by atoms with Crippen molar-refractivity contribution in [2.24, 2.45) is 4.99 Å². The van der Waals surface area contributed by atoms with Gasteiger partial charge in [0, 0.05) is 32.5 Å². The summed E-state index contributed by atoms with van der Waals surface area (Å²) in [7, 11) is 1.69. The standard InChI is InChI=1S/C14H13Cl2N3O4/c1-8(20)23-12-13(15)17-11(18(2)14(12)16)7-9-3-5-10(6-4-9)19(21)22/h3-6,11H,7H2,1-2H3. The van der Waals surface area contributed by atoms with Crippen LogP contribution < -0.4 is 0 Å². The van der Waals surface area contributed by atoms with E-state index in [1.165, 1.54) is 19.1 Å². The van der Waals surface area contributed by atoms with Gasteiger partial charge < -0.3 is 9.64 Å². The van der Waals surface area contributed by atoms with Crippen LogP contribution >= 0.6 is 23.2 Å². The number of hydrogen-bond acceptors (Lipinski definition) is 6. The first-order chi connectivity index (χ1) is 10.8. The van der Waals surface area contributed by atoms with Gasteiger partial charge in [-0.25, -0.2) is 4.99 Å². The van der Waals surface area contributed by atoms with Gasteiger partial charge in [0.05, 0.1) is 4.92 Å². The van der Waals surface area contributed by atoms with Crippen LogP contribution in [0.3, 0.4) is 0 Å². The summed E-state index contributed by atoms with van der Waals surface area (Å²) in [6, 6.07) is 6.14. The molecule has 1 heterocycles. The van der Waals surface area contributed by atoms with Crippen molar-refractivity contribution in [1.29, 1.82) is 0 Å². The fourth-order valence-electron chi connectivity index (χ4n) is 2.03. The maximum atomic E-state index is 11.1. The minimum absolute atomic E-state index is 0.00946. The Hall–Kier alpha value is -2.12. The second-order valence-electron chi connectivity index (χ2n) is 4.85. The largest absolute Gasteiger partial charge is 0.420 e. The van der Waals surface area contributed by atoms with Crippen molar-refractivity contribution in [2.45, 2.75) is 19.5 Å². The fraction of sp³-hybridized carbons (Fsp3) is 0.286. The molecule has 0 aliphatic carbocycles. The van der Waals surface area contributed by atoms with Crippen LogP contribution in [0, 0.1) is 10.1 Å². The Morgan fingerprint density at radius 3 is 2.52 bits per heavy atom. The minimum atomic E-state index is -0.547. The summed E-state index contributed by atoms with van der Waals surface area (Å²) in [6.45, 7) is 1.24. The number of allylic oxidation sites excluding steroid dienone is 1. The zero-order chi connectivity index (χ0) is 17.1. The number of likely N-dealkylation sites (N-methyl/N-ethyl adjacent to an activating group) is 1. The van der Waals surface area contributed by atoms with Gasteiger partial charge in [0.1, 0.15) is 6.17 Å². The molecule has 9 heteroatoms. The molecule has 0 bridgehead atoms. The third-order valence-corrected chi connectivity index (χ3v) is 3.91. The third kappa shape index (κ3) is 4.00. The first-order valence-corrected chi connectivity index (χ1v) is 7.33. The van der Waals surface area contributed by atoms with Gasteiger partial charge in [-0.1, -0.05) is 35.3 Å². The molecular formula is C14H13Cl2N3O4. The summed E-state index contributed by atoms with van der Waals surface area (Å²) in [6.07, 6.45) is 0.0321. The molecule has 0 fully saturated rings. The molecule has 1 unspecified atom stereocenters. The highest BCUT2D eigenvalue weighted by Gasteiger charge is 2.28. The number of carbonyl (C=O) groups excluding carboxylic acids is 1. The predicted molar refractivity (Wildman–Crippen MR) is 86.3 cm³/mol. The summed E-state index contributed by atoms with van der Waals surface area (Å²) in [5.74, 6) is -0.531. The zero-order valence-electron chi connectivity index (χ0n) is 12.3. The lowest BCUT2D eigenvalue weighted by atomic mass is 10.1. The van der Waals surface area contributed by atoms with Crippen LogP contribution in [0.15, 0.2) is 40.2 Å². The normalized spacial score (nSPS) is 17.8. The summed E-state index contributed by atoms with van der Waals surface area (Å²) in [5, 5.41) is 10.8. The van der Waals surface area contributed by atoms with Gasteiger partial charge in [0.15, 0.2) is 10.3 Å². The lowest BCUT2D eigenvalue weighted by Crippen LogP contribution is -2.35. The van der Waals surface area contributed by atoms with Crippen molar-refractivity contribution >= 4 is 40.0 Å². The van der Waals surface area contributed by atoms with Crippen LogP contribution in [0.2, 0.25) is 0 Å². The summed E-state index contributed by atoms with van der Waals surface area (Å²) >= 11 is 12.2. The Balaban J connectivity index is 2.18. The average molecular weight is 358 g/mol. The second kappa shape index (κ2) is 6.97. The quantitative estimate of drug-likeness (QED) is 0.357. The maximum Gasteiger partial charge on any atom is 0.308 e. The average Bonchev–Trinajstić information content (AvgIpc) is 2.49. The molecule has 7 nitrogen and oxygen atoms in total. The molecule has 1 aromatic carbocycles. The number of rotatable bonds is 4. The first-order valence-electron chi connectivity index (χ1n) is 6.57. The Labute approximate surface area is 142 Å². The van der Waals surface area contributed by atoms with Gasteiger partial charge >= 0.3 is 5.97 Å². The minimum Gasteiger partial charge on any atom is -0.420 e. The number of esters is 1. The molecule has 1 aliphatic heterocycles. The first kappa shape index (κ1) is 17.2.